The van der Waals surface area contributed by atoms with E-state index in [0.29, 0.717) is 6.61 Å². The third-order valence-corrected chi connectivity index (χ3v) is 6.66. The zero-order valence-electron chi connectivity index (χ0n) is 13.4. The maximum Gasteiger partial charge on any atom is 0.310 e. The first kappa shape index (κ1) is 14.0. The third kappa shape index (κ3) is 1.42. The lowest BCUT2D eigenvalue weighted by Crippen LogP contribution is -2.53. The van der Waals surface area contributed by atoms with Gasteiger partial charge in [-0.3, -0.25) is 9.59 Å². The lowest BCUT2D eigenvalue weighted by Gasteiger charge is -2.43. The number of para-hydroxylation sites is 1. The molecule has 3 saturated heterocycles. The van der Waals surface area contributed by atoms with Gasteiger partial charge in [-0.2, -0.15) is 0 Å². The first-order valence-corrected chi connectivity index (χ1v) is 8.77. The van der Waals surface area contributed by atoms with Crippen molar-refractivity contribution in [3.63, 3.8) is 0 Å². The number of hydrogen-bond acceptors (Lipinski definition) is 4. The number of carbonyl (C=O) groups excluding carboxylic acids is 1. The molecule has 6 heteroatoms. The molecule has 5 unspecified atom stereocenters. The fourth-order valence-electron chi connectivity index (χ4n) is 5.86. The molecule has 1 N–H and O–H groups in total. The van der Waals surface area contributed by atoms with Crippen LogP contribution < -0.4 is 4.90 Å². The van der Waals surface area contributed by atoms with Crippen LogP contribution in [0, 0.1) is 17.8 Å². The third-order valence-electron chi connectivity index (χ3n) is 6.66. The highest BCUT2D eigenvalue weighted by Crippen LogP contribution is 2.62. The van der Waals surface area contributed by atoms with E-state index in [4.69, 9.17) is 9.47 Å². The Balaban J connectivity index is 1.59. The number of benzene rings is 1. The predicted molar refractivity (Wildman–Crippen MR) is 85.9 cm³/mol. The molecule has 128 valence electrons. The summed E-state index contributed by atoms with van der Waals surface area (Å²) in [5.74, 6) is -2.42. The van der Waals surface area contributed by atoms with E-state index in [2.05, 4.69) is 0 Å². The molecular formula is C19H17NO5. The highest BCUT2D eigenvalue weighted by molar-refractivity contribution is 6.04. The molecule has 5 heterocycles. The standard InChI is InChI=1S/C19H17NO5/c21-17-14-13(18(22)23)12-5-7-19(14,25-12)16-10-6-8-24-15(10)9-3-1-2-4-11(9)20(16)17/h1-5,7,10,12-16H,6,8H2,(H,22,23)/t10?,12-,13?,14?,15?,16?,19-/m0/s1. The number of carboxylic acids is 1. The van der Waals surface area contributed by atoms with Crippen LogP contribution in [0.25, 0.3) is 0 Å². The highest BCUT2D eigenvalue weighted by atomic mass is 16.5. The minimum atomic E-state index is -0.957. The smallest absolute Gasteiger partial charge is 0.310 e. The number of aliphatic carboxylic acids is 1. The van der Waals surface area contributed by atoms with Gasteiger partial charge in [0.1, 0.15) is 11.5 Å². The first-order valence-electron chi connectivity index (χ1n) is 8.77. The van der Waals surface area contributed by atoms with Gasteiger partial charge in [0.05, 0.1) is 24.2 Å². The summed E-state index contributed by atoms with van der Waals surface area (Å²) >= 11 is 0. The average molecular weight is 339 g/mol. The van der Waals surface area contributed by atoms with Gasteiger partial charge in [0.2, 0.25) is 5.91 Å². The van der Waals surface area contributed by atoms with E-state index >= 15 is 0 Å². The van der Waals surface area contributed by atoms with Crippen molar-refractivity contribution in [3.8, 4) is 0 Å². The number of carboxylic acid groups (broad SMARTS) is 1. The molecule has 6 rings (SSSR count). The normalized spacial score (nSPS) is 45.3. The van der Waals surface area contributed by atoms with Crippen LogP contribution in [0.3, 0.4) is 0 Å². The zero-order valence-corrected chi connectivity index (χ0v) is 13.4. The molecule has 0 aliphatic carbocycles. The Morgan fingerprint density at radius 1 is 1.32 bits per heavy atom. The number of amides is 1. The van der Waals surface area contributed by atoms with Crippen molar-refractivity contribution in [2.24, 2.45) is 17.8 Å². The minimum absolute atomic E-state index is 0.0571. The van der Waals surface area contributed by atoms with Crippen molar-refractivity contribution in [1.82, 2.24) is 0 Å². The van der Waals surface area contributed by atoms with Crippen LogP contribution in [0.15, 0.2) is 36.4 Å². The second-order valence-corrected chi connectivity index (χ2v) is 7.59. The van der Waals surface area contributed by atoms with Crippen LogP contribution in [-0.2, 0) is 19.1 Å². The maximum absolute atomic E-state index is 13.4. The molecule has 1 aromatic carbocycles. The Hall–Kier alpha value is -2.18. The molecule has 3 fully saturated rings. The van der Waals surface area contributed by atoms with E-state index in [1.807, 2.05) is 41.3 Å². The summed E-state index contributed by atoms with van der Waals surface area (Å²) in [7, 11) is 0. The Bertz CT molecular complexity index is 850. The van der Waals surface area contributed by atoms with Gasteiger partial charge in [-0.15, -0.1) is 0 Å². The SMILES string of the molecule is O=C(O)C1C2C(=O)N3c4ccccc4C4OCCC4C3[C@]23C=C[C@@H]1O3. The van der Waals surface area contributed by atoms with Crippen molar-refractivity contribution < 1.29 is 24.2 Å². The molecule has 6 nitrogen and oxygen atoms in total. The number of carbonyl (C=O) groups is 2. The van der Waals surface area contributed by atoms with Gasteiger partial charge in [-0.25, -0.2) is 0 Å². The maximum atomic E-state index is 13.4. The van der Waals surface area contributed by atoms with E-state index < -0.39 is 29.5 Å². The van der Waals surface area contributed by atoms with Crippen LogP contribution in [0.2, 0.25) is 0 Å². The molecule has 2 bridgehead atoms. The lowest BCUT2D eigenvalue weighted by atomic mass is 9.70. The highest BCUT2D eigenvalue weighted by Gasteiger charge is 2.74. The summed E-state index contributed by atoms with van der Waals surface area (Å²) in [6.07, 6.45) is 4.07. The van der Waals surface area contributed by atoms with E-state index in [1.165, 1.54) is 0 Å². The van der Waals surface area contributed by atoms with Crippen molar-refractivity contribution >= 4 is 17.6 Å². The molecule has 5 aliphatic rings. The Kier molecular flexibility index (Phi) is 2.42. The van der Waals surface area contributed by atoms with Crippen LogP contribution in [0.5, 0.6) is 0 Å². The van der Waals surface area contributed by atoms with E-state index in [1.54, 1.807) is 0 Å². The fraction of sp³-hybridized carbons (Fsp3) is 0.474. The fourth-order valence-corrected chi connectivity index (χ4v) is 5.86. The Labute approximate surface area is 144 Å². The summed E-state index contributed by atoms with van der Waals surface area (Å²) in [5, 5.41) is 9.70. The molecule has 5 aliphatic heterocycles. The number of fused-ring (bicyclic) bond motifs is 7. The zero-order chi connectivity index (χ0) is 16.9. The molecular weight excluding hydrogens is 322 g/mol. The molecule has 1 amide bonds. The lowest BCUT2D eigenvalue weighted by molar-refractivity contribution is -0.146. The largest absolute Gasteiger partial charge is 0.481 e. The number of hydrogen-bond donors (Lipinski definition) is 1. The van der Waals surface area contributed by atoms with Crippen LogP contribution in [0.1, 0.15) is 18.1 Å². The van der Waals surface area contributed by atoms with Crippen molar-refractivity contribution in [3.05, 3.63) is 42.0 Å². The van der Waals surface area contributed by atoms with E-state index in [0.717, 1.165) is 17.7 Å². The monoisotopic (exact) mass is 339 g/mol. The summed E-state index contributed by atoms with van der Waals surface area (Å²) in [4.78, 5) is 27.0. The summed E-state index contributed by atoms with van der Waals surface area (Å²) < 4.78 is 12.2. The molecule has 0 radical (unpaired) electrons. The topological polar surface area (TPSA) is 76.1 Å². The molecule has 1 spiro atoms. The van der Waals surface area contributed by atoms with Gasteiger partial charge in [-0.05, 0) is 12.5 Å². The van der Waals surface area contributed by atoms with Gasteiger partial charge in [0.15, 0.2) is 0 Å². The Morgan fingerprint density at radius 3 is 3.00 bits per heavy atom. The molecule has 1 aromatic rings. The van der Waals surface area contributed by atoms with Crippen molar-refractivity contribution in [2.45, 2.75) is 30.3 Å². The van der Waals surface area contributed by atoms with Crippen LogP contribution in [0.4, 0.5) is 5.69 Å². The van der Waals surface area contributed by atoms with Crippen molar-refractivity contribution in [2.75, 3.05) is 11.5 Å². The van der Waals surface area contributed by atoms with Gasteiger partial charge >= 0.3 is 5.97 Å². The summed E-state index contributed by atoms with van der Waals surface area (Å²) in [5.41, 5.74) is 1.03. The van der Waals surface area contributed by atoms with Gasteiger partial charge in [0.25, 0.3) is 0 Å². The number of anilines is 1. The second-order valence-electron chi connectivity index (χ2n) is 7.59. The van der Waals surface area contributed by atoms with Crippen LogP contribution in [-0.4, -0.2) is 41.3 Å². The predicted octanol–water partition coefficient (Wildman–Crippen LogP) is 1.52. The molecule has 7 atom stereocenters. The van der Waals surface area contributed by atoms with Crippen LogP contribution >= 0.6 is 0 Å². The van der Waals surface area contributed by atoms with Gasteiger partial charge < -0.3 is 19.5 Å². The van der Waals surface area contributed by atoms with Gasteiger partial charge in [-0.1, -0.05) is 30.4 Å². The minimum Gasteiger partial charge on any atom is -0.481 e. The molecule has 0 saturated carbocycles. The number of rotatable bonds is 1. The van der Waals surface area contributed by atoms with E-state index in [-0.39, 0.29) is 24.0 Å². The van der Waals surface area contributed by atoms with Crippen molar-refractivity contribution in [1.29, 1.82) is 0 Å². The quantitative estimate of drug-likeness (QED) is 0.785. The number of ether oxygens (including phenoxy) is 2. The average Bonchev–Trinajstić information content (AvgIpc) is 3.35. The first-order chi connectivity index (χ1) is 12.1. The number of nitrogens with zero attached hydrogens (tertiary/aromatic N) is 1. The summed E-state index contributed by atoms with van der Waals surface area (Å²) in [6.45, 7) is 0.651. The molecule has 0 aromatic heterocycles. The second kappa shape index (κ2) is 4.31. The summed E-state index contributed by atoms with van der Waals surface area (Å²) in [6, 6.07) is 7.61. The Morgan fingerprint density at radius 2 is 2.16 bits per heavy atom. The van der Waals surface area contributed by atoms with Gasteiger partial charge in [0, 0.05) is 23.8 Å². The van der Waals surface area contributed by atoms with E-state index in [9.17, 15) is 14.7 Å². The molecule has 25 heavy (non-hydrogen) atoms.